The monoisotopic (exact) mass is 172 g/mol. The number of ketones is 1. The molecule has 0 saturated carbocycles. The number of hydrogen-bond donors (Lipinski definition) is 0. The Labute approximate surface area is 70.7 Å². The first-order valence-electron chi connectivity index (χ1n) is 4.06. The highest BCUT2D eigenvalue weighted by Gasteiger charge is 2.34. The van der Waals surface area contributed by atoms with E-state index in [1.807, 2.05) is 0 Å². The van der Waals surface area contributed by atoms with Gasteiger partial charge in [0.05, 0.1) is 12.4 Å². The minimum absolute atomic E-state index is 0.322. The molecule has 2 heterocycles. The van der Waals surface area contributed by atoms with Crippen LogP contribution < -0.4 is 0 Å². The molecule has 3 heteroatoms. The van der Waals surface area contributed by atoms with Crippen LogP contribution in [0.1, 0.15) is 6.42 Å². The van der Waals surface area contributed by atoms with Crippen molar-refractivity contribution in [3.8, 4) is 0 Å². The molecule has 0 bridgehead atoms. The number of carbonyl (C=O) groups is 1. The Morgan fingerprint density at radius 2 is 2.45 bits per heavy atom. The maximum atomic E-state index is 11.3. The quantitative estimate of drug-likeness (QED) is 0.589. The average Bonchev–Trinajstić information content (AvgIpc) is 2.55. The number of thioether (sulfide) groups is 1. The first-order valence-corrected chi connectivity index (χ1v) is 5.21. The predicted octanol–water partition coefficient (Wildman–Crippen LogP) is 0.955. The summed E-state index contributed by atoms with van der Waals surface area (Å²) in [6.45, 7) is 1.68. The minimum Gasteiger partial charge on any atom is -0.381 e. The molecular formula is C8H12O2S. The van der Waals surface area contributed by atoms with Crippen LogP contribution in [0.25, 0.3) is 0 Å². The summed E-state index contributed by atoms with van der Waals surface area (Å²) in [5, 5.41) is 0. The Bertz CT molecular complexity index is 163. The van der Waals surface area contributed by atoms with E-state index in [0.717, 1.165) is 31.1 Å². The van der Waals surface area contributed by atoms with Crippen LogP contribution in [-0.4, -0.2) is 30.5 Å². The van der Waals surface area contributed by atoms with Crippen LogP contribution in [0.3, 0.4) is 0 Å². The normalized spacial score (nSPS) is 38.4. The lowest BCUT2D eigenvalue weighted by molar-refractivity contribution is -0.120. The van der Waals surface area contributed by atoms with Crippen molar-refractivity contribution in [2.45, 2.75) is 6.42 Å². The van der Waals surface area contributed by atoms with Gasteiger partial charge in [-0.3, -0.25) is 4.79 Å². The molecule has 2 aliphatic heterocycles. The van der Waals surface area contributed by atoms with E-state index in [2.05, 4.69) is 0 Å². The fourth-order valence-corrected chi connectivity index (χ4v) is 3.00. The number of rotatable bonds is 1. The lowest BCUT2D eigenvalue weighted by Gasteiger charge is -2.12. The third-order valence-corrected chi connectivity index (χ3v) is 3.57. The Kier molecular flexibility index (Phi) is 2.18. The van der Waals surface area contributed by atoms with E-state index in [1.165, 1.54) is 0 Å². The lowest BCUT2D eigenvalue weighted by atomic mass is 9.90. The topological polar surface area (TPSA) is 26.3 Å². The minimum atomic E-state index is 0.322. The molecule has 0 N–H and O–H groups in total. The fourth-order valence-electron chi connectivity index (χ4n) is 1.76. The summed E-state index contributed by atoms with van der Waals surface area (Å²) in [7, 11) is 0. The third kappa shape index (κ3) is 1.44. The molecule has 0 spiro atoms. The van der Waals surface area contributed by atoms with Gasteiger partial charge in [0.1, 0.15) is 5.78 Å². The van der Waals surface area contributed by atoms with Gasteiger partial charge in [-0.1, -0.05) is 0 Å². The summed E-state index contributed by atoms with van der Waals surface area (Å²) < 4.78 is 5.26. The van der Waals surface area contributed by atoms with Crippen LogP contribution in [0.2, 0.25) is 0 Å². The van der Waals surface area contributed by atoms with Crippen molar-refractivity contribution in [2.75, 3.05) is 24.7 Å². The molecular weight excluding hydrogens is 160 g/mol. The Morgan fingerprint density at radius 3 is 3.00 bits per heavy atom. The molecule has 2 saturated heterocycles. The van der Waals surface area contributed by atoms with E-state index in [4.69, 9.17) is 4.74 Å². The molecule has 2 unspecified atom stereocenters. The van der Waals surface area contributed by atoms with Gasteiger partial charge in [0.15, 0.2) is 0 Å². The van der Waals surface area contributed by atoms with Crippen molar-refractivity contribution in [3.63, 3.8) is 0 Å². The highest BCUT2D eigenvalue weighted by Crippen LogP contribution is 2.31. The molecule has 0 aliphatic carbocycles. The molecule has 2 nitrogen and oxygen atoms in total. The van der Waals surface area contributed by atoms with Crippen molar-refractivity contribution < 1.29 is 9.53 Å². The average molecular weight is 172 g/mol. The van der Waals surface area contributed by atoms with Gasteiger partial charge in [-0.25, -0.2) is 0 Å². The summed E-state index contributed by atoms with van der Waals surface area (Å²) in [4.78, 5) is 11.3. The van der Waals surface area contributed by atoms with E-state index in [0.29, 0.717) is 17.6 Å². The van der Waals surface area contributed by atoms with Gasteiger partial charge in [-0.05, 0) is 12.3 Å². The van der Waals surface area contributed by atoms with Crippen LogP contribution in [0, 0.1) is 11.8 Å². The summed E-state index contributed by atoms with van der Waals surface area (Å²) in [6.07, 6.45) is 1.09. The van der Waals surface area contributed by atoms with E-state index in [-0.39, 0.29) is 0 Å². The van der Waals surface area contributed by atoms with Crippen LogP contribution in [0.5, 0.6) is 0 Å². The van der Waals surface area contributed by atoms with E-state index in [9.17, 15) is 4.79 Å². The second-order valence-corrected chi connectivity index (χ2v) is 4.24. The standard InChI is InChI=1S/C8H12O2S/c9-8-5-11-4-7(8)6-1-2-10-3-6/h6-7H,1-5H2. The summed E-state index contributed by atoms with van der Waals surface area (Å²) in [5.74, 6) is 3.08. The highest BCUT2D eigenvalue weighted by molar-refractivity contribution is 8.00. The van der Waals surface area contributed by atoms with Crippen LogP contribution >= 0.6 is 11.8 Å². The molecule has 0 aromatic heterocycles. The van der Waals surface area contributed by atoms with E-state index in [1.54, 1.807) is 11.8 Å². The lowest BCUT2D eigenvalue weighted by Crippen LogP contribution is -2.22. The smallest absolute Gasteiger partial charge is 0.146 e. The highest BCUT2D eigenvalue weighted by atomic mass is 32.2. The zero-order chi connectivity index (χ0) is 7.68. The molecule has 0 aromatic rings. The molecule has 11 heavy (non-hydrogen) atoms. The van der Waals surface area contributed by atoms with Crippen molar-refractivity contribution in [2.24, 2.45) is 11.8 Å². The molecule has 0 aromatic carbocycles. The van der Waals surface area contributed by atoms with Crippen molar-refractivity contribution >= 4 is 17.5 Å². The Hall–Kier alpha value is -0.0200. The second kappa shape index (κ2) is 3.15. The summed E-state index contributed by atoms with van der Waals surface area (Å²) >= 11 is 1.77. The molecule has 2 fully saturated rings. The van der Waals surface area contributed by atoms with Gasteiger partial charge in [-0.15, -0.1) is 0 Å². The largest absolute Gasteiger partial charge is 0.381 e. The van der Waals surface area contributed by atoms with Crippen molar-refractivity contribution in [1.82, 2.24) is 0 Å². The number of carbonyl (C=O) groups excluding carboxylic acids is 1. The number of hydrogen-bond acceptors (Lipinski definition) is 3. The van der Waals surface area contributed by atoms with Gasteiger partial charge >= 0.3 is 0 Å². The number of Topliss-reactive ketones (excluding diaryl/α,β-unsaturated/α-hetero) is 1. The molecule has 2 aliphatic rings. The number of ether oxygens (including phenoxy) is 1. The maximum absolute atomic E-state index is 11.3. The molecule has 0 radical (unpaired) electrons. The first kappa shape index (κ1) is 7.62. The SMILES string of the molecule is O=C1CSCC1C1CCOC1. The Balaban J connectivity index is 1.97. The molecule has 2 atom stereocenters. The van der Waals surface area contributed by atoms with Crippen LogP contribution in [0.4, 0.5) is 0 Å². The molecule has 62 valence electrons. The fraction of sp³-hybridized carbons (Fsp3) is 0.875. The van der Waals surface area contributed by atoms with Gasteiger partial charge < -0.3 is 4.74 Å². The van der Waals surface area contributed by atoms with Crippen LogP contribution in [-0.2, 0) is 9.53 Å². The molecule has 0 amide bonds. The maximum Gasteiger partial charge on any atom is 0.146 e. The third-order valence-electron chi connectivity index (χ3n) is 2.49. The second-order valence-electron chi connectivity index (χ2n) is 3.21. The zero-order valence-corrected chi connectivity index (χ0v) is 7.23. The van der Waals surface area contributed by atoms with Crippen molar-refractivity contribution in [3.05, 3.63) is 0 Å². The summed E-state index contributed by atoms with van der Waals surface area (Å²) in [6, 6.07) is 0. The summed E-state index contributed by atoms with van der Waals surface area (Å²) in [5.41, 5.74) is 0. The molecule has 2 rings (SSSR count). The van der Waals surface area contributed by atoms with Crippen molar-refractivity contribution in [1.29, 1.82) is 0 Å². The van der Waals surface area contributed by atoms with E-state index < -0.39 is 0 Å². The zero-order valence-electron chi connectivity index (χ0n) is 6.41. The van der Waals surface area contributed by atoms with Crippen LogP contribution in [0.15, 0.2) is 0 Å². The predicted molar refractivity (Wildman–Crippen MR) is 44.7 cm³/mol. The van der Waals surface area contributed by atoms with Gasteiger partial charge in [0.25, 0.3) is 0 Å². The van der Waals surface area contributed by atoms with Gasteiger partial charge in [0.2, 0.25) is 0 Å². The first-order chi connectivity index (χ1) is 5.38. The van der Waals surface area contributed by atoms with Gasteiger partial charge in [-0.2, -0.15) is 11.8 Å². The van der Waals surface area contributed by atoms with E-state index >= 15 is 0 Å². The Morgan fingerprint density at radius 1 is 1.55 bits per heavy atom. The van der Waals surface area contributed by atoms with Gasteiger partial charge in [0, 0.05) is 18.3 Å².